The Bertz CT molecular complexity index is 814. The summed E-state index contributed by atoms with van der Waals surface area (Å²) in [6.07, 6.45) is 2.76. The Labute approximate surface area is 134 Å². The molecule has 6 heteroatoms. The first-order valence-electron chi connectivity index (χ1n) is 6.25. The summed E-state index contributed by atoms with van der Waals surface area (Å²) in [5, 5.41) is 10.6. The highest BCUT2D eigenvalue weighted by atomic mass is 79.9. The van der Waals surface area contributed by atoms with Gasteiger partial charge in [0.25, 0.3) is 0 Å². The van der Waals surface area contributed by atoms with Crippen molar-refractivity contribution < 1.29 is 9.90 Å². The van der Waals surface area contributed by atoms with Crippen molar-refractivity contribution in [2.24, 2.45) is 4.99 Å². The Hall–Kier alpha value is -1.72. The highest BCUT2D eigenvalue weighted by Gasteiger charge is 2.21. The quantitative estimate of drug-likeness (QED) is 0.895. The third-order valence-corrected chi connectivity index (χ3v) is 4.07. The van der Waals surface area contributed by atoms with Gasteiger partial charge in [-0.25, -0.2) is 9.79 Å². The Morgan fingerprint density at radius 2 is 2.19 bits per heavy atom. The number of hydrogen-bond donors (Lipinski definition) is 1. The van der Waals surface area contributed by atoms with Crippen molar-refractivity contribution in [1.29, 1.82) is 0 Å². The minimum atomic E-state index is -1.01. The lowest BCUT2D eigenvalue weighted by Crippen LogP contribution is -2.00. The van der Waals surface area contributed by atoms with Crippen LogP contribution in [0.4, 0.5) is 0 Å². The summed E-state index contributed by atoms with van der Waals surface area (Å²) in [7, 11) is 0. The number of pyridine rings is 1. The van der Waals surface area contributed by atoms with Crippen LogP contribution < -0.4 is 0 Å². The molecule has 0 amide bonds. The van der Waals surface area contributed by atoms with Gasteiger partial charge in [-0.15, -0.1) is 0 Å². The zero-order chi connectivity index (χ0) is 15.0. The molecule has 4 nitrogen and oxygen atoms in total. The van der Waals surface area contributed by atoms with Crippen LogP contribution in [0.3, 0.4) is 0 Å². The first-order chi connectivity index (χ1) is 10.0. The molecule has 1 aliphatic heterocycles. The number of carboxylic acid groups (broad SMARTS) is 1. The molecule has 0 aliphatic carbocycles. The number of carboxylic acids is 1. The van der Waals surface area contributed by atoms with Gasteiger partial charge in [0.2, 0.25) is 0 Å². The fourth-order valence-electron chi connectivity index (χ4n) is 2.29. The zero-order valence-corrected chi connectivity index (χ0v) is 13.1. The molecule has 2 aromatic rings. The maximum atomic E-state index is 11.0. The van der Waals surface area contributed by atoms with Gasteiger partial charge in [-0.1, -0.05) is 33.6 Å². The molecule has 2 heterocycles. The van der Waals surface area contributed by atoms with Gasteiger partial charge in [0.05, 0.1) is 10.5 Å². The van der Waals surface area contributed by atoms with Crippen molar-refractivity contribution in [3.05, 3.63) is 51.2 Å². The topological polar surface area (TPSA) is 62.5 Å². The van der Waals surface area contributed by atoms with Crippen molar-refractivity contribution >= 4 is 50.1 Å². The highest BCUT2D eigenvalue weighted by Crippen LogP contribution is 2.27. The van der Waals surface area contributed by atoms with Crippen LogP contribution in [0, 0.1) is 0 Å². The largest absolute Gasteiger partial charge is 0.476 e. The first kappa shape index (κ1) is 14.2. The fourth-order valence-corrected chi connectivity index (χ4v) is 3.04. The molecular weight excluding hydrogens is 356 g/mol. The van der Waals surface area contributed by atoms with E-state index >= 15 is 0 Å². The minimum absolute atomic E-state index is 0.0931. The van der Waals surface area contributed by atoms with E-state index in [0.29, 0.717) is 22.3 Å². The van der Waals surface area contributed by atoms with Gasteiger partial charge in [0, 0.05) is 34.6 Å². The average molecular weight is 366 g/mol. The van der Waals surface area contributed by atoms with Crippen LogP contribution >= 0.6 is 27.5 Å². The standard InChI is InChI=1S/C15H10BrClN2O2/c16-12-6-11(19-14(12)15(20)21)4-8-1-2-13-9(3-8)5-10(17)7-18-13/h1-3,5,7H,4,6H2,(H,20,21). The lowest BCUT2D eigenvalue weighted by Gasteiger charge is -2.04. The van der Waals surface area contributed by atoms with Crippen LogP contribution in [0.5, 0.6) is 0 Å². The van der Waals surface area contributed by atoms with E-state index < -0.39 is 5.97 Å². The SMILES string of the molecule is O=C(O)C1=C(Br)CC(Cc2ccc3ncc(Cl)cc3c2)=N1. The number of hydrogen-bond acceptors (Lipinski definition) is 3. The number of aliphatic imine (C=N–C) groups is 1. The van der Waals surface area contributed by atoms with Crippen LogP contribution in [0.15, 0.2) is 45.6 Å². The van der Waals surface area contributed by atoms with E-state index in [1.54, 1.807) is 6.20 Å². The van der Waals surface area contributed by atoms with Gasteiger partial charge in [0.1, 0.15) is 0 Å². The minimum Gasteiger partial charge on any atom is -0.476 e. The number of aromatic nitrogens is 1. The van der Waals surface area contributed by atoms with Crippen molar-refractivity contribution in [2.45, 2.75) is 12.8 Å². The highest BCUT2D eigenvalue weighted by molar-refractivity contribution is 9.11. The second-order valence-corrected chi connectivity index (χ2v) is 6.16. The number of rotatable bonds is 3. The zero-order valence-electron chi connectivity index (χ0n) is 10.8. The number of nitrogens with zero attached hydrogens (tertiary/aromatic N) is 2. The Kier molecular flexibility index (Phi) is 3.78. The maximum Gasteiger partial charge on any atom is 0.355 e. The summed E-state index contributed by atoms with van der Waals surface area (Å²) in [5.41, 5.74) is 2.85. The number of fused-ring (bicyclic) bond motifs is 1. The van der Waals surface area contributed by atoms with E-state index in [9.17, 15) is 4.79 Å². The van der Waals surface area contributed by atoms with Gasteiger partial charge < -0.3 is 5.11 Å². The summed E-state index contributed by atoms with van der Waals surface area (Å²) >= 11 is 9.22. The lowest BCUT2D eigenvalue weighted by molar-refractivity contribution is -0.132. The number of aliphatic carboxylic acids is 1. The van der Waals surface area contributed by atoms with Gasteiger partial charge in [-0.2, -0.15) is 0 Å². The molecule has 21 heavy (non-hydrogen) atoms. The molecule has 3 rings (SSSR count). The van der Waals surface area contributed by atoms with Crippen molar-refractivity contribution in [3.63, 3.8) is 0 Å². The van der Waals surface area contributed by atoms with Crippen LogP contribution in [0.25, 0.3) is 10.9 Å². The van der Waals surface area contributed by atoms with Crippen molar-refractivity contribution in [3.8, 4) is 0 Å². The molecule has 1 aromatic heterocycles. The summed E-state index contributed by atoms with van der Waals surface area (Å²) in [4.78, 5) is 19.4. The fraction of sp³-hybridized carbons (Fsp3) is 0.133. The molecular formula is C15H10BrClN2O2. The van der Waals surface area contributed by atoms with Crippen LogP contribution in [0.1, 0.15) is 12.0 Å². The molecule has 0 saturated carbocycles. The van der Waals surface area contributed by atoms with Crippen molar-refractivity contribution in [2.75, 3.05) is 0 Å². The Morgan fingerprint density at radius 3 is 2.90 bits per heavy atom. The molecule has 0 unspecified atom stereocenters. The molecule has 1 aromatic carbocycles. The second kappa shape index (κ2) is 5.58. The molecule has 0 atom stereocenters. The molecule has 1 aliphatic rings. The summed E-state index contributed by atoms with van der Waals surface area (Å²) in [6, 6.07) is 7.76. The number of halogens is 2. The van der Waals surface area contributed by atoms with E-state index in [1.165, 1.54) is 0 Å². The van der Waals surface area contributed by atoms with Gasteiger partial charge in [-0.05, 0) is 23.8 Å². The first-order valence-corrected chi connectivity index (χ1v) is 7.42. The van der Waals surface area contributed by atoms with Crippen molar-refractivity contribution in [1.82, 2.24) is 4.98 Å². The van der Waals surface area contributed by atoms with E-state index in [-0.39, 0.29) is 5.70 Å². The predicted octanol–water partition coefficient (Wildman–Crippen LogP) is 3.97. The molecule has 0 spiro atoms. The smallest absolute Gasteiger partial charge is 0.355 e. The van der Waals surface area contributed by atoms with E-state index in [0.717, 1.165) is 22.2 Å². The number of allylic oxidation sites excluding steroid dienone is 1. The average Bonchev–Trinajstić information content (AvgIpc) is 2.79. The molecule has 0 saturated heterocycles. The van der Waals surface area contributed by atoms with Crippen LogP contribution in [0.2, 0.25) is 5.02 Å². The van der Waals surface area contributed by atoms with Gasteiger partial charge in [0.15, 0.2) is 5.70 Å². The third-order valence-electron chi connectivity index (χ3n) is 3.21. The molecule has 0 radical (unpaired) electrons. The molecule has 1 N–H and O–H groups in total. The van der Waals surface area contributed by atoms with Crippen LogP contribution in [-0.2, 0) is 11.2 Å². The number of benzene rings is 1. The molecule has 0 fully saturated rings. The monoisotopic (exact) mass is 364 g/mol. The predicted molar refractivity (Wildman–Crippen MR) is 86.1 cm³/mol. The summed E-state index contributed by atoms with van der Waals surface area (Å²) in [5.74, 6) is -1.01. The Balaban J connectivity index is 1.87. The molecule has 0 bridgehead atoms. The van der Waals surface area contributed by atoms with E-state index in [1.807, 2.05) is 24.3 Å². The Morgan fingerprint density at radius 1 is 1.38 bits per heavy atom. The third kappa shape index (κ3) is 2.99. The number of carbonyl (C=O) groups is 1. The van der Waals surface area contributed by atoms with Gasteiger partial charge in [-0.3, -0.25) is 4.98 Å². The second-order valence-electron chi connectivity index (χ2n) is 4.77. The summed E-state index contributed by atoms with van der Waals surface area (Å²) in [6.45, 7) is 0. The van der Waals surface area contributed by atoms with E-state index in [4.69, 9.17) is 16.7 Å². The van der Waals surface area contributed by atoms with E-state index in [2.05, 4.69) is 25.9 Å². The normalized spacial score (nSPS) is 14.7. The lowest BCUT2D eigenvalue weighted by atomic mass is 10.0. The summed E-state index contributed by atoms with van der Waals surface area (Å²) < 4.78 is 0.621. The molecule has 106 valence electrons. The van der Waals surface area contributed by atoms with Crippen LogP contribution in [-0.4, -0.2) is 21.8 Å². The van der Waals surface area contributed by atoms with Gasteiger partial charge >= 0.3 is 5.97 Å². The maximum absolute atomic E-state index is 11.0.